The SMILES string of the molecule is O=S(=O)(CC(F)(F)F)N1CCc2c[nH]nc2C1. The van der Waals surface area contributed by atoms with Gasteiger partial charge in [0, 0.05) is 12.7 Å². The van der Waals surface area contributed by atoms with Crippen molar-refractivity contribution >= 4 is 10.0 Å². The predicted octanol–water partition coefficient (Wildman–Crippen LogP) is 0.660. The number of alkyl halides is 3. The summed E-state index contributed by atoms with van der Waals surface area (Å²) in [5.41, 5.74) is 1.34. The van der Waals surface area contributed by atoms with Gasteiger partial charge in [0.05, 0.1) is 12.2 Å². The standard InChI is InChI=1S/C8H10F3N3O2S/c9-8(10,11)5-17(15,16)14-2-1-6-3-12-13-7(6)4-14/h3H,1-2,4-5H2,(H,12,13). The van der Waals surface area contributed by atoms with Crippen LogP contribution >= 0.6 is 0 Å². The van der Waals surface area contributed by atoms with Gasteiger partial charge in [0.15, 0.2) is 5.75 Å². The zero-order valence-electron chi connectivity index (χ0n) is 8.66. The lowest BCUT2D eigenvalue weighted by Gasteiger charge is -2.25. The minimum atomic E-state index is -4.72. The quantitative estimate of drug-likeness (QED) is 0.857. The Balaban J connectivity index is 2.15. The number of hydrogen-bond acceptors (Lipinski definition) is 3. The molecule has 96 valence electrons. The summed E-state index contributed by atoms with van der Waals surface area (Å²) >= 11 is 0. The van der Waals surface area contributed by atoms with E-state index in [2.05, 4.69) is 10.2 Å². The molecule has 0 bridgehead atoms. The van der Waals surface area contributed by atoms with Crippen molar-refractivity contribution in [2.24, 2.45) is 0 Å². The number of rotatable bonds is 2. The molecule has 0 aromatic carbocycles. The van der Waals surface area contributed by atoms with Crippen LogP contribution < -0.4 is 0 Å². The first-order valence-corrected chi connectivity index (χ1v) is 6.45. The molecular weight excluding hydrogens is 259 g/mol. The summed E-state index contributed by atoms with van der Waals surface area (Å²) in [7, 11) is -4.31. The molecule has 0 spiro atoms. The minimum Gasteiger partial charge on any atom is -0.285 e. The van der Waals surface area contributed by atoms with Crippen LogP contribution in [0.2, 0.25) is 0 Å². The fraction of sp³-hybridized carbons (Fsp3) is 0.625. The van der Waals surface area contributed by atoms with Gasteiger partial charge in [-0.3, -0.25) is 5.10 Å². The van der Waals surface area contributed by atoms with Gasteiger partial charge in [-0.2, -0.15) is 22.6 Å². The predicted molar refractivity (Wildman–Crippen MR) is 52.5 cm³/mol. The van der Waals surface area contributed by atoms with E-state index in [1.54, 1.807) is 6.20 Å². The van der Waals surface area contributed by atoms with Crippen molar-refractivity contribution in [2.75, 3.05) is 12.3 Å². The number of hydrogen-bond donors (Lipinski definition) is 1. The molecule has 2 rings (SSSR count). The second-order valence-electron chi connectivity index (χ2n) is 3.81. The lowest BCUT2D eigenvalue weighted by atomic mass is 10.1. The monoisotopic (exact) mass is 269 g/mol. The molecular formula is C8H10F3N3O2S. The Labute approximate surface area is 95.7 Å². The van der Waals surface area contributed by atoms with Crippen LogP contribution in [0.3, 0.4) is 0 Å². The lowest BCUT2D eigenvalue weighted by Crippen LogP contribution is -2.40. The first kappa shape index (κ1) is 12.4. The number of sulfonamides is 1. The Morgan fingerprint density at radius 2 is 2.18 bits per heavy atom. The maximum absolute atomic E-state index is 12.1. The number of aromatic amines is 1. The maximum atomic E-state index is 12.1. The Morgan fingerprint density at radius 1 is 1.47 bits per heavy atom. The van der Waals surface area contributed by atoms with Gasteiger partial charge in [-0.1, -0.05) is 0 Å². The molecule has 0 radical (unpaired) electrons. The van der Waals surface area contributed by atoms with E-state index in [4.69, 9.17) is 0 Å². The smallest absolute Gasteiger partial charge is 0.285 e. The largest absolute Gasteiger partial charge is 0.404 e. The molecule has 9 heteroatoms. The van der Waals surface area contributed by atoms with E-state index in [1.165, 1.54) is 0 Å². The van der Waals surface area contributed by atoms with Crippen LogP contribution in [-0.4, -0.2) is 41.4 Å². The molecule has 1 aromatic heterocycles. The van der Waals surface area contributed by atoms with E-state index in [-0.39, 0.29) is 13.1 Å². The van der Waals surface area contributed by atoms with Gasteiger partial charge in [-0.25, -0.2) is 8.42 Å². The van der Waals surface area contributed by atoms with E-state index in [0.29, 0.717) is 12.1 Å². The van der Waals surface area contributed by atoms with Gasteiger partial charge in [0.2, 0.25) is 10.0 Å². The average molecular weight is 269 g/mol. The number of aromatic nitrogens is 2. The zero-order chi connectivity index (χ0) is 12.7. The molecule has 0 saturated heterocycles. The average Bonchev–Trinajstić information content (AvgIpc) is 2.59. The topological polar surface area (TPSA) is 66.1 Å². The third kappa shape index (κ3) is 2.78. The molecule has 0 saturated carbocycles. The molecule has 17 heavy (non-hydrogen) atoms. The highest BCUT2D eigenvalue weighted by atomic mass is 32.2. The van der Waals surface area contributed by atoms with Crippen molar-refractivity contribution in [1.82, 2.24) is 14.5 Å². The molecule has 0 aliphatic carbocycles. The van der Waals surface area contributed by atoms with Crippen molar-refractivity contribution in [3.05, 3.63) is 17.5 Å². The van der Waals surface area contributed by atoms with Crippen LogP contribution in [-0.2, 0) is 23.0 Å². The van der Waals surface area contributed by atoms with Gasteiger partial charge in [0.1, 0.15) is 0 Å². The summed E-state index contributed by atoms with van der Waals surface area (Å²) in [5.74, 6) is -1.82. The summed E-state index contributed by atoms with van der Waals surface area (Å²) in [6.07, 6.45) is -2.71. The molecule has 0 amide bonds. The highest BCUT2D eigenvalue weighted by molar-refractivity contribution is 7.89. The molecule has 2 heterocycles. The summed E-state index contributed by atoms with van der Waals surface area (Å²) < 4.78 is 60.2. The van der Waals surface area contributed by atoms with E-state index < -0.39 is 22.0 Å². The third-order valence-electron chi connectivity index (χ3n) is 2.51. The van der Waals surface area contributed by atoms with Crippen LogP contribution in [0.1, 0.15) is 11.3 Å². The van der Waals surface area contributed by atoms with Crippen molar-refractivity contribution < 1.29 is 21.6 Å². The molecule has 1 aliphatic heterocycles. The van der Waals surface area contributed by atoms with Gasteiger partial charge in [-0.05, 0) is 12.0 Å². The minimum absolute atomic E-state index is 0.0605. The van der Waals surface area contributed by atoms with Gasteiger partial charge >= 0.3 is 6.18 Å². The van der Waals surface area contributed by atoms with Gasteiger partial charge in [0.25, 0.3) is 0 Å². The summed E-state index contributed by atoms with van der Waals surface area (Å²) in [6, 6.07) is 0. The Morgan fingerprint density at radius 3 is 2.82 bits per heavy atom. The van der Waals surface area contributed by atoms with Crippen molar-refractivity contribution in [3.63, 3.8) is 0 Å². The van der Waals surface area contributed by atoms with Gasteiger partial charge in [-0.15, -0.1) is 0 Å². The molecule has 0 unspecified atom stereocenters. The highest BCUT2D eigenvalue weighted by Crippen LogP contribution is 2.24. The summed E-state index contributed by atoms with van der Waals surface area (Å²) in [5, 5.41) is 6.37. The first-order chi connectivity index (χ1) is 7.78. The summed E-state index contributed by atoms with van der Waals surface area (Å²) in [4.78, 5) is 0. The number of halogens is 3. The lowest BCUT2D eigenvalue weighted by molar-refractivity contribution is -0.107. The van der Waals surface area contributed by atoms with E-state index >= 15 is 0 Å². The fourth-order valence-corrected chi connectivity index (χ4v) is 3.01. The fourth-order valence-electron chi connectivity index (χ4n) is 1.72. The first-order valence-electron chi connectivity index (χ1n) is 4.84. The van der Waals surface area contributed by atoms with E-state index in [0.717, 1.165) is 9.87 Å². The van der Waals surface area contributed by atoms with Crippen LogP contribution in [0, 0.1) is 0 Å². The summed E-state index contributed by atoms with van der Waals surface area (Å²) in [6.45, 7) is -0.0395. The molecule has 1 aliphatic rings. The Hall–Kier alpha value is -1.09. The second-order valence-corrected chi connectivity index (χ2v) is 5.78. The Kier molecular flexibility index (Phi) is 2.90. The van der Waals surface area contributed by atoms with Crippen molar-refractivity contribution in [1.29, 1.82) is 0 Å². The normalized spacial score (nSPS) is 18.1. The number of nitrogens with zero attached hydrogens (tertiary/aromatic N) is 2. The van der Waals surface area contributed by atoms with Crippen LogP contribution in [0.5, 0.6) is 0 Å². The van der Waals surface area contributed by atoms with E-state index in [9.17, 15) is 21.6 Å². The van der Waals surface area contributed by atoms with Crippen LogP contribution in [0.15, 0.2) is 6.20 Å². The highest BCUT2D eigenvalue weighted by Gasteiger charge is 2.39. The second kappa shape index (κ2) is 3.98. The molecule has 0 atom stereocenters. The number of nitrogens with one attached hydrogen (secondary N) is 1. The number of fused-ring (bicyclic) bond motifs is 1. The zero-order valence-corrected chi connectivity index (χ0v) is 9.48. The van der Waals surface area contributed by atoms with Crippen molar-refractivity contribution in [3.8, 4) is 0 Å². The maximum Gasteiger partial charge on any atom is 0.404 e. The van der Waals surface area contributed by atoms with Crippen LogP contribution in [0.25, 0.3) is 0 Å². The number of H-pyrrole nitrogens is 1. The third-order valence-corrected chi connectivity index (χ3v) is 4.30. The molecule has 5 nitrogen and oxygen atoms in total. The van der Waals surface area contributed by atoms with E-state index in [1.807, 2.05) is 0 Å². The van der Waals surface area contributed by atoms with Gasteiger partial charge < -0.3 is 0 Å². The van der Waals surface area contributed by atoms with Crippen molar-refractivity contribution in [2.45, 2.75) is 19.1 Å². The molecule has 1 N–H and O–H groups in total. The Bertz CT molecular complexity index is 508. The molecule has 0 fully saturated rings. The molecule has 1 aromatic rings. The van der Waals surface area contributed by atoms with Crippen LogP contribution in [0.4, 0.5) is 13.2 Å².